The Labute approximate surface area is 107 Å². The van der Waals surface area contributed by atoms with Gasteiger partial charge in [0.25, 0.3) is 0 Å². The third-order valence-electron chi connectivity index (χ3n) is 4.72. The van der Waals surface area contributed by atoms with Crippen molar-refractivity contribution >= 4 is 0 Å². The van der Waals surface area contributed by atoms with E-state index in [1.807, 2.05) is 4.57 Å². The van der Waals surface area contributed by atoms with Crippen LogP contribution < -0.4 is 11.4 Å². The molecule has 0 radical (unpaired) electrons. The molecule has 18 heavy (non-hydrogen) atoms. The van der Waals surface area contributed by atoms with E-state index in [0.717, 1.165) is 38.1 Å². The van der Waals surface area contributed by atoms with Crippen LogP contribution in [0.25, 0.3) is 0 Å². The van der Waals surface area contributed by atoms with Crippen molar-refractivity contribution in [2.24, 2.45) is 11.7 Å². The van der Waals surface area contributed by atoms with E-state index in [9.17, 15) is 4.79 Å². The van der Waals surface area contributed by atoms with Crippen LogP contribution in [0.5, 0.6) is 0 Å². The fourth-order valence-corrected chi connectivity index (χ4v) is 3.26. The van der Waals surface area contributed by atoms with Gasteiger partial charge < -0.3 is 5.73 Å². The van der Waals surface area contributed by atoms with Crippen molar-refractivity contribution in [1.82, 2.24) is 14.8 Å². The van der Waals surface area contributed by atoms with Gasteiger partial charge in [-0.1, -0.05) is 0 Å². The van der Waals surface area contributed by atoms with Crippen LogP contribution in [0.3, 0.4) is 0 Å². The van der Waals surface area contributed by atoms with Crippen molar-refractivity contribution in [3.63, 3.8) is 0 Å². The molecule has 2 aliphatic carbocycles. The van der Waals surface area contributed by atoms with E-state index >= 15 is 0 Å². The van der Waals surface area contributed by atoms with Crippen LogP contribution in [0.1, 0.15) is 62.7 Å². The average Bonchev–Trinajstić information content (AvgIpc) is 2.70. The summed E-state index contributed by atoms with van der Waals surface area (Å²) in [6.45, 7) is 0.794. The second-order valence-corrected chi connectivity index (χ2v) is 5.80. The molecule has 0 atom stereocenters. The molecule has 0 spiro atoms. The van der Waals surface area contributed by atoms with Gasteiger partial charge in [0, 0.05) is 12.0 Å². The minimum Gasteiger partial charge on any atom is -0.330 e. The Morgan fingerprint density at radius 3 is 2.50 bits per heavy atom. The maximum atomic E-state index is 11.9. The molecule has 5 heteroatoms. The topological polar surface area (TPSA) is 76.7 Å². The maximum Gasteiger partial charge on any atom is 0.343 e. The molecule has 0 aromatic carbocycles. The molecular weight excluding hydrogens is 228 g/mol. The highest BCUT2D eigenvalue weighted by Gasteiger charge is 2.30. The van der Waals surface area contributed by atoms with Crippen molar-refractivity contribution in [1.29, 1.82) is 0 Å². The lowest BCUT2D eigenvalue weighted by atomic mass is 9.81. The summed E-state index contributed by atoms with van der Waals surface area (Å²) in [6.07, 6.45) is 8.09. The fraction of sp³-hybridized carbons (Fsp3) is 0.846. The molecule has 3 N–H and O–H groups in total. The summed E-state index contributed by atoms with van der Waals surface area (Å²) in [7, 11) is 0. The summed E-state index contributed by atoms with van der Waals surface area (Å²) in [5.41, 5.74) is 5.71. The number of rotatable bonds is 3. The molecule has 1 aromatic heterocycles. The lowest BCUT2D eigenvalue weighted by molar-refractivity contribution is 0.273. The quantitative estimate of drug-likeness (QED) is 0.854. The van der Waals surface area contributed by atoms with Gasteiger partial charge in [-0.25, -0.2) is 9.89 Å². The van der Waals surface area contributed by atoms with Crippen molar-refractivity contribution in [3.8, 4) is 0 Å². The standard InChI is InChI=1S/C13H22N4O/c14-8-9-4-6-10(7-5-9)12-15-16-13(18)17(12)11-2-1-3-11/h9-11H,1-8,14H2,(H,16,18). The van der Waals surface area contributed by atoms with Crippen LogP contribution in [0.15, 0.2) is 4.79 Å². The van der Waals surface area contributed by atoms with E-state index in [4.69, 9.17) is 5.73 Å². The van der Waals surface area contributed by atoms with Gasteiger partial charge in [-0.2, -0.15) is 5.10 Å². The number of hydrogen-bond acceptors (Lipinski definition) is 3. The summed E-state index contributed by atoms with van der Waals surface area (Å²) in [6, 6.07) is 0.401. The first kappa shape index (κ1) is 12.0. The van der Waals surface area contributed by atoms with Crippen LogP contribution in [0.2, 0.25) is 0 Å². The van der Waals surface area contributed by atoms with Crippen LogP contribution in [-0.2, 0) is 0 Å². The Balaban J connectivity index is 1.78. The van der Waals surface area contributed by atoms with E-state index in [1.54, 1.807) is 0 Å². The predicted molar refractivity (Wildman–Crippen MR) is 69.5 cm³/mol. The van der Waals surface area contributed by atoms with Crippen LogP contribution >= 0.6 is 0 Å². The van der Waals surface area contributed by atoms with Gasteiger partial charge in [0.1, 0.15) is 5.82 Å². The number of nitrogens with two attached hydrogens (primary N) is 1. The molecule has 0 unspecified atom stereocenters. The Morgan fingerprint density at radius 1 is 1.22 bits per heavy atom. The molecule has 2 saturated carbocycles. The van der Waals surface area contributed by atoms with Crippen molar-refractivity contribution in [2.75, 3.05) is 6.54 Å². The molecule has 100 valence electrons. The summed E-state index contributed by atoms with van der Waals surface area (Å²) in [5.74, 6) is 2.12. The van der Waals surface area contributed by atoms with Gasteiger partial charge in [0.2, 0.25) is 0 Å². The Morgan fingerprint density at radius 2 is 1.94 bits per heavy atom. The molecule has 0 bridgehead atoms. The molecule has 2 fully saturated rings. The lowest BCUT2D eigenvalue weighted by Gasteiger charge is -2.31. The molecule has 5 nitrogen and oxygen atoms in total. The first-order valence-corrected chi connectivity index (χ1v) is 7.16. The second kappa shape index (κ2) is 4.88. The number of H-pyrrole nitrogens is 1. The van der Waals surface area contributed by atoms with Gasteiger partial charge in [0.15, 0.2) is 0 Å². The van der Waals surface area contributed by atoms with Gasteiger partial charge in [0.05, 0.1) is 0 Å². The Kier molecular flexibility index (Phi) is 3.24. The summed E-state index contributed by atoms with van der Waals surface area (Å²) in [4.78, 5) is 11.9. The van der Waals surface area contributed by atoms with E-state index in [2.05, 4.69) is 10.2 Å². The van der Waals surface area contributed by atoms with Gasteiger partial charge in [-0.3, -0.25) is 4.57 Å². The zero-order chi connectivity index (χ0) is 12.5. The van der Waals surface area contributed by atoms with E-state index < -0.39 is 0 Å². The maximum absolute atomic E-state index is 11.9. The van der Waals surface area contributed by atoms with Crippen LogP contribution in [-0.4, -0.2) is 21.3 Å². The highest BCUT2D eigenvalue weighted by atomic mass is 16.1. The molecule has 0 aliphatic heterocycles. The second-order valence-electron chi connectivity index (χ2n) is 5.80. The molecule has 2 aliphatic rings. The Bertz CT molecular complexity index is 452. The summed E-state index contributed by atoms with van der Waals surface area (Å²) >= 11 is 0. The highest BCUT2D eigenvalue weighted by molar-refractivity contribution is 5.02. The third kappa shape index (κ3) is 2.00. The molecule has 1 heterocycles. The molecule has 1 aromatic rings. The van der Waals surface area contributed by atoms with Crippen molar-refractivity contribution < 1.29 is 0 Å². The number of nitrogens with one attached hydrogen (secondary N) is 1. The number of nitrogens with zero attached hydrogens (tertiary/aromatic N) is 2. The average molecular weight is 250 g/mol. The lowest BCUT2D eigenvalue weighted by Crippen LogP contribution is -2.30. The largest absolute Gasteiger partial charge is 0.343 e. The molecule has 3 rings (SSSR count). The van der Waals surface area contributed by atoms with Gasteiger partial charge >= 0.3 is 5.69 Å². The van der Waals surface area contributed by atoms with E-state index in [-0.39, 0.29) is 5.69 Å². The third-order valence-corrected chi connectivity index (χ3v) is 4.72. The molecule has 0 saturated heterocycles. The SMILES string of the molecule is NCC1CCC(c2n[nH]c(=O)n2C2CCC2)CC1. The highest BCUT2D eigenvalue weighted by Crippen LogP contribution is 2.37. The monoisotopic (exact) mass is 250 g/mol. The van der Waals surface area contributed by atoms with E-state index in [0.29, 0.717) is 17.9 Å². The first-order chi connectivity index (χ1) is 8.79. The number of aromatic nitrogens is 3. The van der Waals surface area contributed by atoms with Crippen molar-refractivity contribution in [2.45, 2.75) is 56.9 Å². The normalized spacial score (nSPS) is 29.2. The smallest absolute Gasteiger partial charge is 0.330 e. The summed E-state index contributed by atoms with van der Waals surface area (Å²) < 4.78 is 1.93. The van der Waals surface area contributed by atoms with Crippen molar-refractivity contribution in [3.05, 3.63) is 16.3 Å². The van der Waals surface area contributed by atoms with Gasteiger partial charge in [-0.15, -0.1) is 0 Å². The fourth-order valence-electron chi connectivity index (χ4n) is 3.26. The van der Waals surface area contributed by atoms with E-state index in [1.165, 1.54) is 19.3 Å². The summed E-state index contributed by atoms with van der Waals surface area (Å²) in [5, 5.41) is 6.93. The van der Waals surface area contributed by atoms with Crippen LogP contribution in [0, 0.1) is 5.92 Å². The van der Waals surface area contributed by atoms with Gasteiger partial charge in [-0.05, 0) is 57.4 Å². The Hall–Kier alpha value is -1.10. The number of hydrogen-bond donors (Lipinski definition) is 2. The zero-order valence-corrected chi connectivity index (χ0v) is 10.8. The molecular formula is C13H22N4O. The zero-order valence-electron chi connectivity index (χ0n) is 10.8. The van der Waals surface area contributed by atoms with Crippen LogP contribution in [0.4, 0.5) is 0 Å². The minimum atomic E-state index is -0.0179. The predicted octanol–water partition coefficient (Wildman–Crippen LogP) is 1.53. The molecule has 0 amide bonds. The first-order valence-electron chi connectivity index (χ1n) is 7.16. The minimum absolute atomic E-state index is 0.0179. The number of aromatic amines is 1.